The third-order valence-electron chi connectivity index (χ3n) is 3.90. The van der Waals surface area contributed by atoms with Crippen LogP contribution in [0.25, 0.3) is 0 Å². The van der Waals surface area contributed by atoms with Crippen LogP contribution in [0.2, 0.25) is 0 Å². The highest BCUT2D eigenvalue weighted by Gasteiger charge is 2.95. The van der Waals surface area contributed by atoms with E-state index in [0.29, 0.717) is 0 Å². The molecule has 0 heterocycles. The first-order chi connectivity index (χ1) is 14.1. The van der Waals surface area contributed by atoms with Crippen LogP contribution in [0.5, 0.6) is 0 Å². The van der Waals surface area contributed by atoms with Crippen LogP contribution in [-0.4, -0.2) is 60.1 Å². The molecule has 0 fully saturated rings. The molecule has 0 bridgehead atoms. The van der Waals surface area contributed by atoms with Gasteiger partial charge in [0.2, 0.25) is 5.91 Å². The van der Waals surface area contributed by atoms with Crippen LogP contribution in [0.15, 0.2) is 12.2 Å². The zero-order valence-corrected chi connectivity index (χ0v) is 15.5. The van der Waals surface area contributed by atoms with Crippen LogP contribution in [-0.2, 0) is 4.79 Å². The van der Waals surface area contributed by atoms with Crippen molar-refractivity contribution in [2.24, 2.45) is 0 Å². The number of amides is 1. The lowest BCUT2D eigenvalue weighted by Gasteiger charge is -2.42. The summed E-state index contributed by atoms with van der Waals surface area (Å²) in [5, 5.41) is 1.31. The topological polar surface area (TPSA) is 29.1 Å². The molecule has 0 aromatic rings. The van der Waals surface area contributed by atoms with Gasteiger partial charge in [0, 0.05) is 18.5 Å². The summed E-state index contributed by atoms with van der Waals surface area (Å²) >= 11 is 0. The standard InChI is InChI=1S/C14H10F17NO/c1-5(2)6(33)32-4-3-7(15,16)8(17,18)9(19,20)10(21,22)11(23,24)12(25,26)13(27,28)14(29,30)31/h1,3-4H2,2H3,(H,32,33). The maximum atomic E-state index is 13.5. The third kappa shape index (κ3) is 4.54. The smallest absolute Gasteiger partial charge is 0.352 e. The molecule has 0 saturated heterocycles. The van der Waals surface area contributed by atoms with E-state index in [1.165, 1.54) is 5.32 Å². The number of carbonyl (C=O) groups is 1. The number of hydrogen-bond donors (Lipinski definition) is 1. The van der Waals surface area contributed by atoms with E-state index in [1.54, 1.807) is 0 Å². The van der Waals surface area contributed by atoms with Crippen LogP contribution >= 0.6 is 0 Å². The lowest BCUT2D eigenvalue weighted by Crippen LogP contribution is -2.74. The molecule has 0 spiro atoms. The van der Waals surface area contributed by atoms with Crippen molar-refractivity contribution in [2.45, 2.75) is 61.0 Å². The van der Waals surface area contributed by atoms with Gasteiger partial charge in [0.05, 0.1) is 0 Å². The normalized spacial score (nSPS) is 15.5. The molecule has 0 saturated carbocycles. The Morgan fingerprint density at radius 3 is 1.21 bits per heavy atom. The van der Waals surface area contributed by atoms with Gasteiger partial charge in [-0.25, -0.2) is 0 Å². The third-order valence-corrected chi connectivity index (χ3v) is 3.90. The summed E-state index contributed by atoms with van der Waals surface area (Å²) in [4.78, 5) is 11.0. The van der Waals surface area contributed by atoms with Crippen molar-refractivity contribution >= 4 is 5.91 Å². The van der Waals surface area contributed by atoms with Gasteiger partial charge in [0.15, 0.2) is 0 Å². The van der Waals surface area contributed by atoms with Gasteiger partial charge in [0.1, 0.15) is 0 Å². The fraction of sp³-hybridized carbons (Fsp3) is 0.786. The van der Waals surface area contributed by atoms with Gasteiger partial charge < -0.3 is 5.32 Å². The minimum absolute atomic E-state index is 0.477. The quantitative estimate of drug-likeness (QED) is 0.269. The summed E-state index contributed by atoms with van der Waals surface area (Å²) in [6, 6.07) is 0. The summed E-state index contributed by atoms with van der Waals surface area (Å²) in [6.45, 7) is 2.09. The number of halogens is 17. The average Bonchev–Trinajstić information content (AvgIpc) is 2.59. The molecule has 0 atom stereocenters. The molecular weight excluding hydrogens is 521 g/mol. The van der Waals surface area contributed by atoms with Crippen LogP contribution in [0.3, 0.4) is 0 Å². The largest absolute Gasteiger partial charge is 0.460 e. The summed E-state index contributed by atoms with van der Waals surface area (Å²) in [5.41, 5.74) is -0.477. The highest BCUT2D eigenvalue weighted by Crippen LogP contribution is 2.64. The first-order valence-corrected chi connectivity index (χ1v) is 7.73. The van der Waals surface area contributed by atoms with Crippen molar-refractivity contribution in [1.29, 1.82) is 0 Å². The van der Waals surface area contributed by atoms with Crippen LogP contribution < -0.4 is 5.32 Å². The lowest BCUT2D eigenvalue weighted by atomic mass is 9.88. The molecule has 0 rings (SSSR count). The summed E-state index contributed by atoms with van der Waals surface area (Å²) < 4.78 is 221. The van der Waals surface area contributed by atoms with E-state index >= 15 is 0 Å². The van der Waals surface area contributed by atoms with Crippen molar-refractivity contribution in [1.82, 2.24) is 5.32 Å². The van der Waals surface area contributed by atoms with E-state index in [0.717, 1.165) is 6.92 Å². The number of rotatable bonds is 10. The van der Waals surface area contributed by atoms with Crippen molar-refractivity contribution in [3.63, 3.8) is 0 Å². The van der Waals surface area contributed by atoms with E-state index in [2.05, 4.69) is 6.58 Å². The average molecular weight is 531 g/mol. The monoisotopic (exact) mass is 531 g/mol. The SMILES string of the molecule is C=C(C)C(=O)NCCC(F)(F)C(F)(F)C(F)(F)C(F)(F)C(F)(F)C(F)(F)C(F)(F)C(F)(F)F. The zero-order chi connectivity index (χ0) is 27.3. The van der Waals surface area contributed by atoms with E-state index in [9.17, 15) is 79.4 Å². The minimum Gasteiger partial charge on any atom is -0.352 e. The number of carbonyl (C=O) groups excluding carboxylic acids is 1. The van der Waals surface area contributed by atoms with Crippen molar-refractivity contribution in [3.8, 4) is 0 Å². The molecule has 19 heteroatoms. The van der Waals surface area contributed by atoms with Crippen LogP contribution in [0.4, 0.5) is 74.6 Å². The fourth-order valence-corrected chi connectivity index (χ4v) is 1.84. The molecule has 196 valence electrons. The molecule has 0 aliphatic carbocycles. The number of alkyl halides is 17. The second-order valence-electron chi connectivity index (χ2n) is 6.43. The molecule has 0 aliphatic rings. The van der Waals surface area contributed by atoms with E-state index in [4.69, 9.17) is 0 Å². The predicted molar refractivity (Wildman–Crippen MR) is 73.1 cm³/mol. The Balaban J connectivity index is 6.36. The second-order valence-corrected chi connectivity index (χ2v) is 6.43. The molecule has 0 unspecified atom stereocenters. The molecule has 0 radical (unpaired) electrons. The van der Waals surface area contributed by atoms with Gasteiger partial charge in [-0.05, 0) is 6.92 Å². The van der Waals surface area contributed by atoms with Crippen molar-refractivity contribution in [2.75, 3.05) is 6.54 Å². The van der Waals surface area contributed by atoms with E-state index in [-0.39, 0.29) is 0 Å². The van der Waals surface area contributed by atoms with Gasteiger partial charge >= 0.3 is 47.6 Å². The number of hydrogen-bond acceptors (Lipinski definition) is 1. The molecular formula is C14H10F17NO. The zero-order valence-electron chi connectivity index (χ0n) is 15.5. The highest BCUT2D eigenvalue weighted by atomic mass is 19.4. The van der Waals surface area contributed by atoms with E-state index in [1.807, 2.05) is 0 Å². The molecule has 1 amide bonds. The van der Waals surface area contributed by atoms with Gasteiger partial charge in [-0.2, -0.15) is 74.6 Å². The maximum Gasteiger partial charge on any atom is 0.460 e. The Labute approximate surface area is 171 Å². The minimum atomic E-state index is -8.66. The molecule has 0 aromatic heterocycles. The highest BCUT2D eigenvalue weighted by molar-refractivity contribution is 5.92. The maximum absolute atomic E-state index is 13.5. The molecule has 0 aliphatic heterocycles. The van der Waals surface area contributed by atoms with Crippen molar-refractivity contribution < 1.29 is 79.4 Å². The van der Waals surface area contributed by atoms with Crippen LogP contribution in [0.1, 0.15) is 13.3 Å². The van der Waals surface area contributed by atoms with Gasteiger partial charge in [-0.15, -0.1) is 0 Å². The van der Waals surface area contributed by atoms with Gasteiger partial charge in [-0.1, -0.05) is 6.58 Å². The molecule has 33 heavy (non-hydrogen) atoms. The van der Waals surface area contributed by atoms with Crippen molar-refractivity contribution in [3.05, 3.63) is 12.2 Å². The second kappa shape index (κ2) is 8.35. The Morgan fingerprint density at radius 1 is 0.606 bits per heavy atom. The van der Waals surface area contributed by atoms with Crippen LogP contribution in [0, 0.1) is 0 Å². The predicted octanol–water partition coefficient (Wildman–Crippen LogP) is 6.08. The molecule has 1 N–H and O–H groups in total. The summed E-state index contributed by atoms with van der Waals surface area (Å²) in [7, 11) is 0. The molecule has 0 aromatic carbocycles. The Bertz CT molecular complexity index is 751. The first kappa shape index (κ1) is 31.0. The Kier molecular flexibility index (Phi) is 7.85. The summed E-state index contributed by atoms with van der Waals surface area (Å²) in [5.74, 6) is -58.0. The molecule has 2 nitrogen and oxygen atoms in total. The number of nitrogens with one attached hydrogen (secondary N) is 1. The van der Waals surface area contributed by atoms with E-state index < -0.39 is 72.1 Å². The Morgan fingerprint density at radius 2 is 0.909 bits per heavy atom. The summed E-state index contributed by atoms with van der Waals surface area (Å²) in [6.07, 6.45) is -10.5. The first-order valence-electron chi connectivity index (χ1n) is 7.73. The lowest BCUT2D eigenvalue weighted by molar-refractivity contribution is -0.461. The fourth-order valence-electron chi connectivity index (χ4n) is 1.84. The van der Waals surface area contributed by atoms with Gasteiger partial charge in [0.25, 0.3) is 0 Å². The Hall–Kier alpha value is -1.98. The van der Waals surface area contributed by atoms with Gasteiger partial charge in [-0.3, -0.25) is 4.79 Å².